The molecule has 1 heteroatoms. The van der Waals surface area contributed by atoms with Gasteiger partial charge in [-0.2, -0.15) is 0 Å². The SMILES string of the molecule is Cc1ccccc1[I+]C(C)C. The van der Waals surface area contributed by atoms with Gasteiger partial charge in [-0.05, 0) is 26.8 Å². The van der Waals surface area contributed by atoms with E-state index in [9.17, 15) is 0 Å². The Labute approximate surface area is 79.3 Å². The quantitative estimate of drug-likeness (QED) is 0.505. The first-order chi connectivity index (χ1) is 5.20. The molecule has 0 N–H and O–H groups in total. The van der Waals surface area contributed by atoms with Crippen LogP contribution < -0.4 is 21.2 Å². The third kappa shape index (κ3) is 2.81. The van der Waals surface area contributed by atoms with Gasteiger partial charge in [0.1, 0.15) is 0 Å². The molecule has 0 spiro atoms. The molecule has 0 bridgehead atoms. The molecule has 0 aliphatic rings. The van der Waals surface area contributed by atoms with Gasteiger partial charge in [0, 0.05) is 5.56 Å². The lowest BCUT2D eigenvalue weighted by molar-refractivity contribution is -0.656. The van der Waals surface area contributed by atoms with Crippen LogP contribution in [0.15, 0.2) is 24.3 Å². The van der Waals surface area contributed by atoms with Gasteiger partial charge in [0.25, 0.3) is 0 Å². The molecule has 1 aromatic rings. The van der Waals surface area contributed by atoms with Crippen LogP contribution in [-0.4, -0.2) is 3.92 Å². The van der Waals surface area contributed by atoms with E-state index in [1.165, 1.54) is 5.56 Å². The van der Waals surface area contributed by atoms with Crippen molar-refractivity contribution in [1.82, 2.24) is 0 Å². The van der Waals surface area contributed by atoms with Gasteiger partial charge < -0.3 is 0 Å². The minimum Gasteiger partial charge on any atom is -0.0617 e. The van der Waals surface area contributed by atoms with Crippen LogP contribution in [0.5, 0.6) is 0 Å². The lowest BCUT2D eigenvalue weighted by Crippen LogP contribution is -3.65. The van der Waals surface area contributed by atoms with Crippen LogP contribution in [0.3, 0.4) is 0 Å². The molecule has 0 unspecified atom stereocenters. The van der Waals surface area contributed by atoms with Gasteiger partial charge in [0.2, 0.25) is 0 Å². The second-order valence-electron chi connectivity index (χ2n) is 2.87. The average molecular weight is 261 g/mol. The van der Waals surface area contributed by atoms with Gasteiger partial charge in [-0.25, -0.2) is 0 Å². The maximum Gasteiger partial charge on any atom is 0.316 e. The molecule has 0 aromatic heterocycles. The zero-order chi connectivity index (χ0) is 8.27. The highest BCUT2D eigenvalue weighted by molar-refractivity contribution is 5.11. The molecular weight excluding hydrogens is 247 g/mol. The van der Waals surface area contributed by atoms with Gasteiger partial charge in [0.15, 0.2) is 7.49 Å². The van der Waals surface area contributed by atoms with E-state index in [-0.39, 0.29) is 21.2 Å². The van der Waals surface area contributed by atoms with Crippen molar-refractivity contribution in [2.75, 3.05) is 0 Å². The Morgan fingerprint density at radius 2 is 1.82 bits per heavy atom. The standard InChI is InChI=1S/C10H14I/c1-8(2)11-10-7-5-4-6-9(10)3/h4-8H,1-3H3/q+1. The third-order valence-electron chi connectivity index (χ3n) is 1.41. The third-order valence-corrected chi connectivity index (χ3v) is 4.54. The second-order valence-corrected chi connectivity index (χ2v) is 7.15. The van der Waals surface area contributed by atoms with Crippen molar-refractivity contribution >= 4 is 0 Å². The van der Waals surface area contributed by atoms with Crippen molar-refractivity contribution in [3.05, 3.63) is 33.4 Å². The second kappa shape index (κ2) is 4.10. The fourth-order valence-corrected chi connectivity index (χ4v) is 3.34. The average Bonchev–Trinajstić information content (AvgIpc) is 1.93. The molecule has 0 amide bonds. The van der Waals surface area contributed by atoms with E-state index in [1.54, 1.807) is 3.57 Å². The first kappa shape index (κ1) is 9.04. The van der Waals surface area contributed by atoms with E-state index in [2.05, 4.69) is 45.0 Å². The Hall–Kier alpha value is -0.0500. The topological polar surface area (TPSA) is 0 Å². The summed E-state index contributed by atoms with van der Waals surface area (Å²) in [4.78, 5) is 0. The Kier molecular flexibility index (Phi) is 3.37. The summed E-state index contributed by atoms with van der Waals surface area (Å²) in [5.41, 5.74) is 1.47. The summed E-state index contributed by atoms with van der Waals surface area (Å²) in [6.07, 6.45) is 0. The van der Waals surface area contributed by atoms with Crippen molar-refractivity contribution < 1.29 is 21.2 Å². The van der Waals surface area contributed by atoms with E-state index in [4.69, 9.17) is 0 Å². The number of hydrogen-bond donors (Lipinski definition) is 0. The lowest BCUT2D eigenvalue weighted by atomic mass is 10.2. The molecule has 1 rings (SSSR count). The lowest BCUT2D eigenvalue weighted by Gasteiger charge is -1.92. The molecule has 0 radical (unpaired) electrons. The first-order valence-electron chi connectivity index (χ1n) is 3.89. The van der Waals surface area contributed by atoms with Crippen LogP contribution in [-0.2, 0) is 0 Å². The number of benzene rings is 1. The van der Waals surface area contributed by atoms with Crippen molar-refractivity contribution in [1.29, 1.82) is 0 Å². The van der Waals surface area contributed by atoms with Gasteiger partial charge >= 0.3 is 21.2 Å². The smallest absolute Gasteiger partial charge is 0.0617 e. The van der Waals surface area contributed by atoms with E-state index >= 15 is 0 Å². The highest BCUT2D eigenvalue weighted by Gasteiger charge is 2.17. The summed E-state index contributed by atoms with van der Waals surface area (Å²) in [6.45, 7) is 6.82. The van der Waals surface area contributed by atoms with Gasteiger partial charge in [-0.3, -0.25) is 0 Å². The van der Waals surface area contributed by atoms with Crippen LogP contribution in [0.2, 0.25) is 0 Å². The minimum atomic E-state index is 0.245. The summed E-state index contributed by atoms with van der Waals surface area (Å²) in [5, 5.41) is 0. The van der Waals surface area contributed by atoms with E-state index in [0.717, 1.165) is 3.92 Å². The highest BCUT2D eigenvalue weighted by atomic mass is 127. The van der Waals surface area contributed by atoms with Gasteiger partial charge in [0.05, 0.1) is 0 Å². The molecule has 0 saturated heterocycles. The van der Waals surface area contributed by atoms with Gasteiger partial charge in [-0.1, -0.05) is 18.2 Å². The summed E-state index contributed by atoms with van der Waals surface area (Å²) >= 11 is 0.245. The summed E-state index contributed by atoms with van der Waals surface area (Å²) in [7, 11) is 0. The first-order valence-corrected chi connectivity index (χ1v) is 6.21. The maximum absolute atomic E-state index is 2.31. The number of hydrogen-bond acceptors (Lipinski definition) is 0. The van der Waals surface area contributed by atoms with Crippen LogP contribution in [0.25, 0.3) is 0 Å². The molecule has 0 fully saturated rings. The van der Waals surface area contributed by atoms with Crippen LogP contribution >= 0.6 is 0 Å². The molecule has 60 valence electrons. The minimum absolute atomic E-state index is 0.245. The number of aryl methyl sites for hydroxylation is 1. The van der Waals surface area contributed by atoms with Crippen molar-refractivity contribution in [2.45, 2.75) is 24.7 Å². The Bertz CT molecular complexity index is 228. The zero-order valence-electron chi connectivity index (χ0n) is 7.26. The highest BCUT2D eigenvalue weighted by Crippen LogP contribution is 1.93. The number of alkyl halides is 1. The normalized spacial score (nSPS) is 10.5. The van der Waals surface area contributed by atoms with Crippen LogP contribution in [0.1, 0.15) is 19.4 Å². The van der Waals surface area contributed by atoms with Crippen molar-refractivity contribution in [3.63, 3.8) is 0 Å². The molecule has 0 saturated carbocycles. The maximum atomic E-state index is 2.31. The Morgan fingerprint density at radius 1 is 1.18 bits per heavy atom. The fraction of sp³-hybridized carbons (Fsp3) is 0.400. The number of rotatable bonds is 2. The summed E-state index contributed by atoms with van der Waals surface area (Å²) in [5.74, 6) is 0. The van der Waals surface area contributed by atoms with E-state index < -0.39 is 0 Å². The summed E-state index contributed by atoms with van der Waals surface area (Å²) < 4.78 is 2.47. The van der Waals surface area contributed by atoms with Crippen molar-refractivity contribution in [2.24, 2.45) is 0 Å². The number of halogens is 1. The molecular formula is C10H14I+. The molecule has 0 atom stereocenters. The largest absolute Gasteiger partial charge is 0.316 e. The molecule has 0 nitrogen and oxygen atoms in total. The molecule has 1 aromatic carbocycles. The monoisotopic (exact) mass is 261 g/mol. The zero-order valence-corrected chi connectivity index (χ0v) is 9.42. The molecule has 0 heterocycles. The molecule has 0 aliphatic carbocycles. The molecule has 0 aliphatic heterocycles. The molecule has 11 heavy (non-hydrogen) atoms. The summed E-state index contributed by atoms with van der Waals surface area (Å²) in [6, 6.07) is 8.73. The van der Waals surface area contributed by atoms with Crippen molar-refractivity contribution in [3.8, 4) is 0 Å². The van der Waals surface area contributed by atoms with E-state index in [0.29, 0.717) is 0 Å². The Balaban J connectivity index is 2.78. The van der Waals surface area contributed by atoms with Crippen LogP contribution in [0.4, 0.5) is 0 Å². The van der Waals surface area contributed by atoms with Crippen LogP contribution in [0, 0.1) is 10.5 Å². The fourth-order valence-electron chi connectivity index (χ4n) is 0.909. The predicted octanol–water partition coefficient (Wildman–Crippen LogP) is -0.338. The van der Waals surface area contributed by atoms with E-state index in [1.807, 2.05) is 0 Å². The Morgan fingerprint density at radius 3 is 2.36 bits per heavy atom. The predicted molar refractivity (Wildman–Crippen MR) is 45.0 cm³/mol. The van der Waals surface area contributed by atoms with Gasteiger partial charge in [-0.15, -0.1) is 0 Å².